The molecule has 4 nitrogen and oxygen atoms in total. The van der Waals surface area contributed by atoms with Crippen LogP contribution in [0.2, 0.25) is 0 Å². The number of carboxylic acid groups (broad SMARTS) is 1. The number of alkyl halides is 1. The zero-order chi connectivity index (χ0) is 14.1. The van der Waals surface area contributed by atoms with Crippen molar-refractivity contribution in [3.8, 4) is 0 Å². The van der Waals surface area contributed by atoms with E-state index >= 15 is 0 Å². The lowest BCUT2D eigenvalue weighted by Gasteiger charge is -2.33. The first-order valence-corrected chi connectivity index (χ1v) is 8.40. The molecule has 1 rings (SSSR count). The Morgan fingerprint density at radius 2 is 1.84 bits per heavy atom. The van der Waals surface area contributed by atoms with Crippen LogP contribution in [0.1, 0.15) is 51.4 Å². The number of carbonyl (C=O) groups is 1. The molecule has 0 aliphatic heterocycles. The van der Waals surface area contributed by atoms with Crippen LogP contribution in [0.25, 0.3) is 0 Å². The molecule has 1 N–H and O–H groups in total. The molecule has 0 aromatic heterocycles. The molecule has 0 bridgehead atoms. The minimum atomic E-state index is -0.823. The van der Waals surface area contributed by atoms with E-state index in [1.54, 1.807) is 7.05 Å². The summed E-state index contributed by atoms with van der Waals surface area (Å²) in [6.45, 7) is 0.854. The Bertz CT molecular complexity index is 255. The highest BCUT2D eigenvalue weighted by atomic mass is 79.9. The largest absolute Gasteiger partial charge is 0.465 e. The van der Waals surface area contributed by atoms with Crippen LogP contribution in [0, 0.1) is 0 Å². The SMILES string of the molecule is CN(C(=O)O)C1CCC(OCCCCCCBr)CC1. The Hall–Kier alpha value is -0.290. The highest BCUT2D eigenvalue weighted by Gasteiger charge is 2.26. The van der Waals surface area contributed by atoms with Gasteiger partial charge in [0, 0.05) is 25.0 Å². The smallest absolute Gasteiger partial charge is 0.407 e. The predicted octanol–water partition coefficient (Wildman–Crippen LogP) is 3.88. The van der Waals surface area contributed by atoms with Crippen LogP contribution in [0.15, 0.2) is 0 Å². The zero-order valence-electron chi connectivity index (χ0n) is 11.8. The van der Waals surface area contributed by atoms with Gasteiger partial charge in [0.2, 0.25) is 0 Å². The first kappa shape index (κ1) is 16.8. The average Bonchev–Trinajstić information content (AvgIpc) is 2.42. The third-order valence-electron chi connectivity index (χ3n) is 3.87. The van der Waals surface area contributed by atoms with Gasteiger partial charge >= 0.3 is 6.09 Å². The fourth-order valence-electron chi connectivity index (χ4n) is 2.56. The van der Waals surface area contributed by atoms with Gasteiger partial charge in [-0.25, -0.2) is 4.79 Å². The van der Waals surface area contributed by atoms with Crippen molar-refractivity contribution in [2.75, 3.05) is 19.0 Å². The molecule has 0 unspecified atom stereocenters. The number of ether oxygens (including phenoxy) is 1. The molecule has 0 saturated heterocycles. The Morgan fingerprint density at radius 1 is 1.21 bits per heavy atom. The molecule has 112 valence electrons. The van der Waals surface area contributed by atoms with E-state index in [1.807, 2.05) is 0 Å². The molecule has 1 aliphatic carbocycles. The van der Waals surface area contributed by atoms with E-state index < -0.39 is 6.09 Å². The molecule has 0 atom stereocenters. The Labute approximate surface area is 124 Å². The second-order valence-corrected chi connectivity index (χ2v) is 6.09. The normalized spacial score (nSPS) is 23.3. The first-order chi connectivity index (χ1) is 9.15. The molecule has 5 heteroatoms. The second kappa shape index (κ2) is 9.59. The lowest BCUT2D eigenvalue weighted by molar-refractivity contribution is 0.0100. The van der Waals surface area contributed by atoms with E-state index in [2.05, 4.69) is 15.9 Å². The topological polar surface area (TPSA) is 49.8 Å². The van der Waals surface area contributed by atoms with Crippen LogP contribution in [-0.4, -0.2) is 47.2 Å². The molecule has 1 aliphatic rings. The first-order valence-electron chi connectivity index (χ1n) is 7.28. The maximum absolute atomic E-state index is 10.9. The number of unbranched alkanes of at least 4 members (excludes halogenated alkanes) is 3. The number of halogens is 1. The lowest BCUT2D eigenvalue weighted by atomic mass is 9.92. The van der Waals surface area contributed by atoms with E-state index in [0.717, 1.165) is 44.0 Å². The van der Waals surface area contributed by atoms with Crippen LogP contribution in [0.5, 0.6) is 0 Å². The van der Waals surface area contributed by atoms with E-state index in [0.29, 0.717) is 6.10 Å². The fraction of sp³-hybridized carbons (Fsp3) is 0.929. The van der Waals surface area contributed by atoms with Crippen molar-refractivity contribution in [3.63, 3.8) is 0 Å². The highest BCUT2D eigenvalue weighted by molar-refractivity contribution is 9.09. The zero-order valence-corrected chi connectivity index (χ0v) is 13.4. The van der Waals surface area contributed by atoms with Crippen molar-refractivity contribution in [1.29, 1.82) is 0 Å². The third kappa shape index (κ3) is 6.61. The summed E-state index contributed by atoms with van der Waals surface area (Å²) in [4.78, 5) is 12.3. The van der Waals surface area contributed by atoms with E-state index in [1.165, 1.54) is 24.2 Å². The summed E-state index contributed by atoms with van der Waals surface area (Å²) in [5, 5.41) is 10.0. The number of hydrogen-bond acceptors (Lipinski definition) is 2. The number of rotatable bonds is 8. The summed E-state index contributed by atoms with van der Waals surface area (Å²) in [5.74, 6) is 0. The van der Waals surface area contributed by atoms with Crippen molar-refractivity contribution in [2.24, 2.45) is 0 Å². The molecule has 0 radical (unpaired) electrons. The molecule has 1 fully saturated rings. The third-order valence-corrected chi connectivity index (χ3v) is 4.44. The minimum Gasteiger partial charge on any atom is -0.465 e. The quantitative estimate of drug-likeness (QED) is 0.541. The number of hydrogen-bond donors (Lipinski definition) is 1. The number of nitrogens with zero attached hydrogens (tertiary/aromatic N) is 1. The fourth-order valence-corrected chi connectivity index (χ4v) is 2.95. The molecule has 19 heavy (non-hydrogen) atoms. The molecule has 1 saturated carbocycles. The van der Waals surface area contributed by atoms with Gasteiger partial charge in [0.15, 0.2) is 0 Å². The van der Waals surface area contributed by atoms with Gasteiger partial charge in [-0.2, -0.15) is 0 Å². The molecule has 0 spiro atoms. The number of amides is 1. The van der Waals surface area contributed by atoms with Crippen LogP contribution < -0.4 is 0 Å². The molecule has 0 aromatic carbocycles. The van der Waals surface area contributed by atoms with Gasteiger partial charge in [-0.3, -0.25) is 0 Å². The molecular formula is C14H26BrNO3. The molecular weight excluding hydrogens is 310 g/mol. The Morgan fingerprint density at radius 3 is 2.42 bits per heavy atom. The van der Waals surface area contributed by atoms with Gasteiger partial charge in [0.05, 0.1) is 6.10 Å². The summed E-state index contributed by atoms with van der Waals surface area (Å²) in [6.07, 6.45) is 8.24. The second-order valence-electron chi connectivity index (χ2n) is 5.30. The molecule has 0 aromatic rings. The maximum Gasteiger partial charge on any atom is 0.407 e. The van der Waals surface area contributed by atoms with Crippen molar-refractivity contribution < 1.29 is 14.6 Å². The molecule has 0 heterocycles. The lowest BCUT2D eigenvalue weighted by Crippen LogP contribution is -2.39. The van der Waals surface area contributed by atoms with Crippen molar-refractivity contribution in [2.45, 2.75) is 63.5 Å². The standard InChI is InChI=1S/C14H26BrNO3/c1-16(14(17)18)12-6-8-13(9-7-12)19-11-5-3-2-4-10-15/h12-13H,2-11H2,1H3,(H,17,18). The van der Waals surface area contributed by atoms with Crippen molar-refractivity contribution in [1.82, 2.24) is 4.90 Å². The van der Waals surface area contributed by atoms with Crippen molar-refractivity contribution in [3.05, 3.63) is 0 Å². The van der Waals surface area contributed by atoms with E-state index in [9.17, 15) is 4.79 Å². The van der Waals surface area contributed by atoms with Gasteiger partial charge in [0.1, 0.15) is 0 Å². The van der Waals surface area contributed by atoms with Gasteiger partial charge < -0.3 is 14.7 Å². The average molecular weight is 336 g/mol. The van der Waals surface area contributed by atoms with Gasteiger partial charge in [-0.15, -0.1) is 0 Å². The predicted molar refractivity (Wildman–Crippen MR) is 80.0 cm³/mol. The van der Waals surface area contributed by atoms with Crippen LogP contribution in [0.3, 0.4) is 0 Å². The van der Waals surface area contributed by atoms with Gasteiger partial charge in [-0.05, 0) is 38.5 Å². The Kier molecular flexibility index (Phi) is 8.46. The van der Waals surface area contributed by atoms with Crippen LogP contribution in [0.4, 0.5) is 4.79 Å². The van der Waals surface area contributed by atoms with E-state index in [-0.39, 0.29) is 6.04 Å². The minimum absolute atomic E-state index is 0.177. The maximum atomic E-state index is 10.9. The summed E-state index contributed by atoms with van der Waals surface area (Å²) in [6, 6.07) is 0.177. The summed E-state index contributed by atoms with van der Waals surface area (Å²) >= 11 is 3.43. The summed E-state index contributed by atoms with van der Waals surface area (Å²) in [7, 11) is 1.66. The summed E-state index contributed by atoms with van der Waals surface area (Å²) in [5.41, 5.74) is 0. The monoisotopic (exact) mass is 335 g/mol. The van der Waals surface area contributed by atoms with E-state index in [4.69, 9.17) is 9.84 Å². The Balaban J connectivity index is 2.05. The van der Waals surface area contributed by atoms with Crippen molar-refractivity contribution >= 4 is 22.0 Å². The summed E-state index contributed by atoms with van der Waals surface area (Å²) < 4.78 is 5.87. The van der Waals surface area contributed by atoms with Gasteiger partial charge in [0.25, 0.3) is 0 Å². The van der Waals surface area contributed by atoms with Crippen LogP contribution in [-0.2, 0) is 4.74 Å². The molecule has 1 amide bonds. The van der Waals surface area contributed by atoms with Gasteiger partial charge in [-0.1, -0.05) is 28.8 Å². The highest BCUT2D eigenvalue weighted by Crippen LogP contribution is 2.24. The van der Waals surface area contributed by atoms with Crippen LogP contribution >= 0.6 is 15.9 Å².